The van der Waals surface area contributed by atoms with Crippen LogP contribution in [0.1, 0.15) is 48.4 Å². The lowest BCUT2D eigenvalue weighted by atomic mass is 10.1. The summed E-state index contributed by atoms with van der Waals surface area (Å²) in [6.07, 6.45) is 0. The molecule has 2 amide bonds. The Hall–Kier alpha value is -3.92. The average molecular weight is 577 g/mol. The van der Waals surface area contributed by atoms with Crippen molar-refractivity contribution in [2.45, 2.75) is 6.92 Å². The Morgan fingerprint density at radius 1 is 0.842 bits per heavy atom. The molecule has 38 heavy (non-hydrogen) atoms. The molecule has 0 N–H and O–H groups in total. The van der Waals surface area contributed by atoms with E-state index in [9.17, 15) is 24.0 Å². The molecule has 0 atom stereocenters. The molecule has 0 fully saturated rings. The van der Waals surface area contributed by atoms with Crippen molar-refractivity contribution in [3.63, 3.8) is 0 Å². The van der Waals surface area contributed by atoms with Crippen molar-refractivity contribution in [3.8, 4) is 11.5 Å². The number of carbonyl (C=O) groups is 5. The first kappa shape index (κ1) is 27.1. The number of amides is 2. The van der Waals surface area contributed by atoms with Gasteiger partial charge in [0.25, 0.3) is 11.8 Å². The van der Waals surface area contributed by atoms with Crippen molar-refractivity contribution in [1.29, 1.82) is 0 Å². The van der Waals surface area contributed by atoms with Crippen LogP contribution in [-0.2, 0) is 9.53 Å². The van der Waals surface area contributed by atoms with Crippen LogP contribution in [0, 0.1) is 0 Å². The van der Waals surface area contributed by atoms with Crippen LogP contribution in [0.25, 0.3) is 0 Å². The fraction of sp³-hybridized carbons (Fsp3) is 0.115. The lowest BCUT2D eigenvalue weighted by molar-refractivity contribution is -0.131. The van der Waals surface area contributed by atoms with E-state index in [1.165, 1.54) is 62.6 Å². The SMILES string of the molecule is COc1cc(N2C(=O)c3cc(Cl)c(Cl)cc3C2=O)c(Cl)cc1C(=O)OCC(=O)c1ccc(OC(C)=O)cc1. The Morgan fingerprint density at radius 3 is 1.95 bits per heavy atom. The molecule has 0 saturated heterocycles. The third-order valence-corrected chi connectivity index (χ3v) is 6.45. The first-order valence-corrected chi connectivity index (χ1v) is 11.9. The molecule has 0 radical (unpaired) electrons. The smallest absolute Gasteiger partial charge is 0.342 e. The zero-order valence-electron chi connectivity index (χ0n) is 19.7. The molecule has 0 saturated carbocycles. The maximum atomic E-state index is 13.0. The number of carbonyl (C=O) groups excluding carboxylic acids is 5. The molecule has 0 aromatic heterocycles. The van der Waals surface area contributed by atoms with E-state index in [1.54, 1.807) is 0 Å². The minimum Gasteiger partial charge on any atom is -0.496 e. The number of fused-ring (bicyclic) bond motifs is 1. The Morgan fingerprint density at radius 2 is 1.42 bits per heavy atom. The van der Waals surface area contributed by atoms with Gasteiger partial charge in [-0.3, -0.25) is 19.2 Å². The summed E-state index contributed by atoms with van der Waals surface area (Å²) in [5.41, 5.74) is 0.133. The summed E-state index contributed by atoms with van der Waals surface area (Å²) in [6, 6.07) is 10.7. The number of benzene rings is 3. The summed E-state index contributed by atoms with van der Waals surface area (Å²) in [5.74, 6) is -3.12. The minimum absolute atomic E-state index is 0.0394. The second kappa shape index (κ2) is 10.8. The molecule has 1 aliphatic rings. The molecule has 1 aliphatic heterocycles. The van der Waals surface area contributed by atoms with E-state index < -0.39 is 36.1 Å². The van der Waals surface area contributed by atoms with Gasteiger partial charge < -0.3 is 14.2 Å². The van der Waals surface area contributed by atoms with Crippen LogP contribution >= 0.6 is 34.8 Å². The van der Waals surface area contributed by atoms with Crippen molar-refractivity contribution >= 4 is 70.0 Å². The van der Waals surface area contributed by atoms with Crippen LogP contribution in [0.4, 0.5) is 5.69 Å². The number of anilines is 1. The van der Waals surface area contributed by atoms with Gasteiger partial charge in [0.1, 0.15) is 17.1 Å². The van der Waals surface area contributed by atoms with E-state index in [-0.39, 0.29) is 54.5 Å². The monoisotopic (exact) mass is 575 g/mol. The van der Waals surface area contributed by atoms with Gasteiger partial charge in [0.15, 0.2) is 12.4 Å². The molecule has 3 aromatic carbocycles. The number of imide groups is 1. The number of ether oxygens (including phenoxy) is 3. The quantitative estimate of drug-likeness (QED) is 0.158. The average Bonchev–Trinajstić information content (AvgIpc) is 3.11. The zero-order chi connectivity index (χ0) is 27.7. The Labute approximate surface area is 230 Å². The van der Waals surface area contributed by atoms with Crippen molar-refractivity contribution in [1.82, 2.24) is 0 Å². The maximum absolute atomic E-state index is 13.0. The number of rotatable bonds is 7. The molecule has 194 valence electrons. The van der Waals surface area contributed by atoms with Crippen molar-refractivity contribution in [3.05, 3.63) is 85.9 Å². The number of halogens is 3. The van der Waals surface area contributed by atoms with Crippen molar-refractivity contribution in [2.75, 3.05) is 18.6 Å². The highest BCUT2D eigenvalue weighted by Crippen LogP contribution is 2.39. The van der Waals surface area contributed by atoms with Gasteiger partial charge in [-0.15, -0.1) is 0 Å². The van der Waals surface area contributed by atoms with Crippen LogP contribution in [0.5, 0.6) is 11.5 Å². The van der Waals surface area contributed by atoms with Gasteiger partial charge in [-0.2, -0.15) is 0 Å². The van der Waals surface area contributed by atoms with E-state index in [1.807, 2.05) is 0 Å². The molecular weight excluding hydrogens is 561 g/mol. The Bertz CT molecular complexity index is 1480. The zero-order valence-corrected chi connectivity index (χ0v) is 21.9. The molecule has 9 nitrogen and oxygen atoms in total. The van der Waals surface area contributed by atoms with E-state index in [0.29, 0.717) is 0 Å². The second-order valence-electron chi connectivity index (χ2n) is 7.88. The molecule has 3 aromatic rings. The molecule has 0 bridgehead atoms. The molecule has 12 heteroatoms. The Balaban J connectivity index is 1.53. The lowest BCUT2D eigenvalue weighted by Gasteiger charge is -2.18. The summed E-state index contributed by atoms with van der Waals surface area (Å²) in [4.78, 5) is 63.0. The molecule has 0 unspecified atom stereocenters. The van der Waals surface area contributed by atoms with Crippen LogP contribution in [0.2, 0.25) is 15.1 Å². The molecule has 0 aliphatic carbocycles. The maximum Gasteiger partial charge on any atom is 0.342 e. The van der Waals surface area contributed by atoms with Crippen LogP contribution in [0.3, 0.4) is 0 Å². The predicted octanol–water partition coefficient (Wildman–Crippen LogP) is 5.42. The van der Waals surface area contributed by atoms with Crippen LogP contribution < -0.4 is 14.4 Å². The second-order valence-corrected chi connectivity index (χ2v) is 9.10. The van der Waals surface area contributed by atoms with Gasteiger partial charge >= 0.3 is 11.9 Å². The summed E-state index contributed by atoms with van der Waals surface area (Å²) in [7, 11) is 1.27. The minimum atomic E-state index is -0.930. The standard InChI is InChI=1S/C26H16Cl3NO8/c1-12(31)38-14-5-3-13(4-6-14)22(32)11-37-26(35)17-9-20(29)21(10-23(17)36-2)30-24(33)15-7-18(27)19(28)8-16(15)25(30)34/h3-10H,11H2,1-2H3. The van der Waals surface area contributed by atoms with Crippen LogP contribution in [0.15, 0.2) is 48.5 Å². The van der Waals surface area contributed by atoms with Gasteiger partial charge in [0.05, 0.1) is 39.0 Å². The number of hydrogen-bond acceptors (Lipinski definition) is 8. The first-order valence-electron chi connectivity index (χ1n) is 10.8. The summed E-state index contributed by atoms with van der Waals surface area (Å²) < 4.78 is 15.3. The molecular formula is C26H16Cl3NO8. The van der Waals surface area contributed by atoms with Crippen LogP contribution in [-0.4, -0.2) is 43.3 Å². The summed E-state index contributed by atoms with van der Waals surface area (Å²) in [5, 5.41) is 0.0759. The van der Waals surface area contributed by atoms with Gasteiger partial charge in [-0.1, -0.05) is 34.8 Å². The van der Waals surface area contributed by atoms with Gasteiger partial charge in [-0.05, 0) is 42.5 Å². The highest BCUT2D eigenvalue weighted by atomic mass is 35.5. The first-order chi connectivity index (χ1) is 18.0. The molecule has 1 heterocycles. The van der Waals surface area contributed by atoms with Gasteiger partial charge in [0, 0.05) is 18.6 Å². The van der Waals surface area contributed by atoms with Crippen molar-refractivity contribution in [2.24, 2.45) is 0 Å². The number of Topliss-reactive ketones (excluding diaryl/α,β-unsaturated/α-hetero) is 1. The van der Waals surface area contributed by atoms with E-state index >= 15 is 0 Å². The number of methoxy groups -OCH3 is 1. The largest absolute Gasteiger partial charge is 0.496 e. The predicted molar refractivity (Wildman–Crippen MR) is 138 cm³/mol. The molecule has 0 spiro atoms. The topological polar surface area (TPSA) is 116 Å². The molecule has 4 rings (SSSR count). The highest BCUT2D eigenvalue weighted by Gasteiger charge is 2.39. The van der Waals surface area contributed by atoms with E-state index in [4.69, 9.17) is 49.0 Å². The number of nitrogens with zero attached hydrogens (tertiary/aromatic N) is 1. The summed E-state index contributed by atoms with van der Waals surface area (Å²) in [6.45, 7) is 0.644. The fourth-order valence-corrected chi connectivity index (χ4v) is 4.24. The van der Waals surface area contributed by atoms with Crippen molar-refractivity contribution < 1.29 is 38.2 Å². The van der Waals surface area contributed by atoms with E-state index in [2.05, 4.69) is 0 Å². The normalized spacial score (nSPS) is 12.3. The number of esters is 2. The highest BCUT2D eigenvalue weighted by molar-refractivity contribution is 6.45. The van der Waals surface area contributed by atoms with Gasteiger partial charge in [-0.25, -0.2) is 9.69 Å². The van der Waals surface area contributed by atoms with Gasteiger partial charge in [0.2, 0.25) is 0 Å². The number of hydrogen-bond donors (Lipinski definition) is 0. The Kier molecular flexibility index (Phi) is 7.73. The lowest BCUT2D eigenvalue weighted by Crippen LogP contribution is -2.29. The van der Waals surface area contributed by atoms with E-state index in [0.717, 1.165) is 4.90 Å². The number of ketones is 1. The third kappa shape index (κ3) is 5.22. The summed E-state index contributed by atoms with van der Waals surface area (Å²) >= 11 is 18.4. The third-order valence-electron chi connectivity index (χ3n) is 5.43. The fourth-order valence-electron chi connectivity index (χ4n) is 3.66.